The lowest BCUT2D eigenvalue weighted by Crippen LogP contribution is -2.30. The van der Waals surface area contributed by atoms with Crippen molar-refractivity contribution in [1.29, 1.82) is 0 Å². The van der Waals surface area contributed by atoms with Crippen LogP contribution in [0, 0.1) is 13.8 Å². The molecule has 0 aliphatic rings. The third-order valence-corrected chi connectivity index (χ3v) is 6.09. The summed E-state index contributed by atoms with van der Waals surface area (Å²) in [6, 6.07) is 24.0. The molecule has 0 fully saturated rings. The molecule has 176 valence electrons. The fraction of sp³-hybridized carbons (Fsp3) is 0.310. The molecular weight excluding hydrogens is 422 g/mol. The predicted octanol–water partition coefficient (Wildman–Crippen LogP) is 5.93. The highest BCUT2D eigenvalue weighted by Crippen LogP contribution is 2.24. The van der Waals surface area contributed by atoms with Crippen molar-refractivity contribution in [3.8, 4) is 5.75 Å². The Morgan fingerprint density at radius 2 is 1.65 bits per heavy atom. The Bertz CT molecular complexity index is 1230. The van der Waals surface area contributed by atoms with E-state index in [1.165, 1.54) is 11.1 Å². The van der Waals surface area contributed by atoms with Gasteiger partial charge in [0, 0.05) is 6.54 Å². The lowest BCUT2D eigenvalue weighted by molar-refractivity contribution is -0.121. The number of benzene rings is 3. The molecule has 0 aliphatic carbocycles. The fourth-order valence-corrected chi connectivity index (χ4v) is 4.37. The SMILES string of the molecule is Cc1cccc(C)c1OCCCCn1c(C(C)NC(=O)Cc2ccccc2)nc2ccccc21. The van der Waals surface area contributed by atoms with E-state index in [0.717, 1.165) is 47.6 Å². The molecule has 5 nitrogen and oxygen atoms in total. The van der Waals surface area contributed by atoms with Crippen molar-refractivity contribution in [2.75, 3.05) is 6.61 Å². The van der Waals surface area contributed by atoms with Crippen LogP contribution in [-0.2, 0) is 17.8 Å². The molecule has 0 radical (unpaired) electrons. The van der Waals surface area contributed by atoms with Crippen molar-refractivity contribution >= 4 is 16.9 Å². The minimum Gasteiger partial charge on any atom is -0.493 e. The maximum atomic E-state index is 12.6. The minimum absolute atomic E-state index is 0.000642. The topological polar surface area (TPSA) is 56.1 Å². The van der Waals surface area contributed by atoms with Crippen LogP contribution < -0.4 is 10.1 Å². The first-order valence-electron chi connectivity index (χ1n) is 12.0. The monoisotopic (exact) mass is 455 g/mol. The van der Waals surface area contributed by atoms with E-state index in [1.807, 2.05) is 55.5 Å². The smallest absolute Gasteiger partial charge is 0.224 e. The largest absolute Gasteiger partial charge is 0.493 e. The number of imidazole rings is 1. The number of para-hydroxylation sites is 3. The zero-order valence-corrected chi connectivity index (χ0v) is 20.3. The molecule has 0 saturated heterocycles. The van der Waals surface area contributed by atoms with Crippen molar-refractivity contribution in [2.24, 2.45) is 0 Å². The molecule has 1 aromatic heterocycles. The first-order valence-corrected chi connectivity index (χ1v) is 12.0. The van der Waals surface area contributed by atoms with Crippen molar-refractivity contribution in [1.82, 2.24) is 14.9 Å². The summed E-state index contributed by atoms with van der Waals surface area (Å²) >= 11 is 0. The third kappa shape index (κ3) is 5.66. The number of carbonyl (C=O) groups is 1. The number of fused-ring (bicyclic) bond motifs is 1. The average Bonchev–Trinajstić information content (AvgIpc) is 3.20. The zero-order chi connectivity index (χ0) is 23.9. The van der Waals surface area contributed by atoms with E-state index < -0.39 is 0 Å². The molecule has 34 heavy (non-hydrogen) atoms. The number of aromatic nitrogens is 2. The Hall–Kier alpha value is -3.60. The second-order valence-corrected chi connectivity index (χ2v) is 8.84. The summed E-state index contributed by atoms with van der Waals surface area (Å²) in [7, 11) is 0. The van der Waals surface area contributed by atoms with Gasteiger partial charge in [-0.2, -0.15) is 0 Å². The van der Waals surface area contributed by atoms with Gasteiger partial charge in [-0.05, 0) is 62.4 Å². The molecule has 3 aromatic carbocycles. The summed E-state index contributed by atoms with van der Waals surface area (Å²) < 4.78 is 8.32. The number of amides is 1. The van der Waals surface area contributed by atoms with Gasteiger partial charge in [0.05, 0.1) is 30.1 Å². The first-order chi connectivity index (χ1) is 16.5. The van der Waals surface area contributed by atoms with Gasteiger partial charge in [-0.1, -0.05) is 60.7 Å². The van der Waals surface area contributed by atoms with E-state index in [0.29, 0.717) is 13.0 Å². The second-order valence-electron chi connectivity index (χ2n) is 8.84. The molecule has 1 amide bonds. The molecule has 0 aliphatic heterocycles. The van der Waals surface area contributed by atoms with Crippen LogP contribution in [-0.4, -0.2) is 22.1 Å². The number of carbonyl (C=O) groups excluding carboxylic acids is 1. The molecule has 1 atom stereocenters. The Kier molecular flexibility index (Phi) is 7.63. The Morgan fingerprint density at radius 1 is 0.941 bits per heavy atom. The first kappa shape index (κ1) is 23.6. The molecule has 0 bridgehead atoms. The minimum atomic E-state index is -0.186. The molecule has 1 N–H and O–H groups in total. The number of rotatable bonds is 10. The number of nitrogens with zero attached hydrogens (tertiary/aromatic N) is 2. The Labute approximate surface area is 201 Å². The highest BCUT2D eigenvalue weighted by Gasteiger charge is 2.18. The van der Waals surface area contributed by atoms with Gasteiger partial charge in [-0.3, -0.25) is 4.79 Å². The maximum Gasteiger partial charge on any atom is 0.224 e. The van der Waals surface area contributed by atoms with E-state index in [1.54, 1.807) is 0 Å². The quantitative estimate of drug-likeness (QED) is 0.302. The Balaban J connectivity index is 1.40. The van der Waals surface area contributed by atoms with Gasteiger partial charge in [0.15, 0.2) is 0 Å². The molecule has 0 spiro atoms. The number of hydrogen-bond acceptors (Lipinski definition) is 3. The molecule has 1 heterocycles. The number of hydrogen-bond donors (Lipinski definition) is 1. The summed E-state index contributed by atoms with van der Waals surface area (Å²) in [4.78, 5) is 17.5. The second kappa shape index (κ2) is 11.0. The van der Waals surface area contributed by atoms with Gasteiger partial charge in [0.25, 0.3) is 0 Å². The van der Waals surface area contributed by atoms with Gasteiger partial charge in [0.1, 0.15) is 11.6 Å². The van der Waals surface area contributed by atoms with E-state index in [-0.39, 0.29) is 11.9 Å². The van der Waals surface area contributed by atoms with E-state index in [4.69, 9.17) is 9.72 Å². The summed E-state index contributed by atoms with van der Waals surface area (Å²) in [6.45, 7) is 7.67. The number of unbranched alkanes of at least 4 members (excludes halogenated alkanes) is 1. The van der Waals surface area contributed by atoms with E-state index in [9.17, 15) is 4.79 Å². The van der Waals surface area contributed by atoms with Gasteiger partial charge < -0.3 is 14.6 Å². The summed E-state index contributed by atoms with van der Waals surface area (Å²) in [6.07, 6.45) is 2.26. The molecule has 5 heteroatoms. The standard InChI is InChI=1S/C29H33N3O2/c1-21-12-11-13-22(2)28(21)34-19-10-9-18-32-26-17-8-7-16-25(26)31-29(32)23(3)30-27(33)20-24-14-5-4-6-15-24/h4-8,11-17,23H,9-10,18-20H2,1-3H3,(H,30,33). The third-order valence-electron chi connectivity index (χ3n) is 6.09. The summed E-state index contributed by atoms with van der Waals surface area (Å²) in [5.41, 5.74) is 5.39. The van der Waals surface area contributed by atoms with Crippen LogP contribution in [0.15, 0.2) is 72.8 Å². The van der Waals surface area contributed by atoms with Crippen molar-refractivity contribution < 1.29 is 9.53 Å². The van der Waals surface area contributed by atoms with E-state index >= 15 is 0 Å². The highest BCUT2D eigenvalue weighted by atomic mass is 16.5. The predicted molar refractivity (Wildman–Crippen MR) is 137 cm³/mol. The highest BCUT2D eigenvalue weighted by molar-refractivity contribution is 5.79. The maximum absolute atomic E-state index is 12.6. The lowest BCUT2D eigenvalue weighted by Gasteiger charge is -2.17. The fourth-order valence-electron chi connectivity index (χ4n) is 4.37. The Morgan fingerprint density at radius 3 is 2.41 bits per heavy atom. The van der Waals surface area contributed by atoms with Crippen molar-refractivity contribution in [3.63, 3.8) is 0 Å². The number of aryl methyl sites for hydroxylation is 3. The molecule has 0 saturated carbocycles. The van der Waals surface area contributed by atoms with Crippen LogP contribution in [0.3, 0.4) is 0 Å². The van der Waals surface area contributed by atoms with Crippen LogP contribution in [0.4, 0.5) is 0 Å². The van der Waals surface area contributed by atoms with Crippen molar-refractivity contribution in [3.05, 3.63) is 95.3 Å². The van der Waals surface area contributed by atoms with Crippen LogP contribution in [0.2, 0.25) is 0 Å². The van der Waals surface area contributed by atoms with Crippen LogP contribution in [0.1, 0.15) is 48.3 Å². The van der Waals surface area contributed by atoms with Gasteiger partial charge in [0.2, 0.25) is 5.91 Å². The van der Waals surface area contributed by atoms with Crippen LogP contribution in [0.5, 0.6) is 5.75 Å². The van der Waals surface area contributed by atoms with Gasteiger partial charge >= 0.3 is 0 Å². The number of nitrogens with one attached hydrogen (secondary N) is 1. The number of ether oxygens (including phenoxy) is 1. The normalized spacial score (nSPS) is 12.0. The summed E-state index contributed by atoms with van der Waals surface area (Å²) in [5, 5.41) is 3.13. The molecular formula is C29H33N3O2. The van der Waals surface area contributed by atoms with Gasteiger partial charge in [-0.25, -0.2) is 4.98 Å². The average molecular weight is 456 g/mol. The van der Waals surface area contributed by atoms with Crippen molar-refractivity contribution in [2.45, 2.75) is 52.6 Å². The lowest BCUT2D eigenvalue weighted by atomic mass is 10.1. The molecule has 1 unspecified atom stereocenters. The summed E-state index contributed by atoms with van der Waals surface area (Å²) in [5.74, 6) is 1.88. The zero-order valence-electron chi connectivity index (χ0n) is 20.3. The van der Waals surface area contributed by atoms with E-state index in [2.05, 4.69) is 48.0 Å². The van der Waals surface area contributed by atoms with Crippen LogP contribution in [0.25, 0.3) is 11.0 Å². The molecule has 4 rings (SSSR count). The van der Waals surface area contributed by atoms with Gasteiger partial charge in [-0.15, -0.1) is 0 Å². The molecule has 4 aromatic rings. The van der Waals surface area contributed by atoms with Crippen LogP contribution >= 0.6 is 0 Å².